The van der Waals surface area contributed by atoms with Crippen molar-refractivity contribution in [3.05, 3.63) is 71.8 Å². The molecule has 0 saturated carbocycles. The fourth-order valence-electron chi connectivity index (χ4n) is 1.91. The molecule has 0 spiro atoms. The van der Waals surface area contributed by atoms with E-state index >= 15 is 0 Å². The molecule has 2 rings (SSSR count). The SMILES string of the molecule is COc1ccccc1/C=C/CCc1ccccc1. The number of rotatable bonds is 5. The fraction of sp³-hybridized carbons (Fsp3) is 0.176. The molecule has 18 heavy (non-hydrogen) atoms. The lowest BCUT2D eigenvalue weighted by atomic mass is 10.1. The summed E-state index contributed by atoms with van der Waals surface area (Å²) < 4.78 is 5.31. The van der Waals surface area contributed by atoms with Crippen LogP contribution in [0.1, 0.15) is 17.5 Å². The van der Waals surface area contributed by atoms with Crippen LogP contribution in [0.2, 0.25) is 0 Å². The van der Waals surface area contributed by atoms with Crippen LogP contribution in [0.3, 0.4) is 0 Å². The fourth-order valence-corrected chi connectivity index (χ4v) is 1.91. The van der Waals surface area contributed by atoms with Gasteiger partial charge in [-0.25, -0.2) is 0 Å². The average molecular weight is 238 g/mol. The summed E-state index contributed by atoms with van der Waals surface area (Å²) in [6.07, 6.45) is 6.45. The minimum absolute atomic E-state index is 0.925. The largest absolute Gasteiger partial charge is 0.496 e. The molecule has 2 aromatic rings. The number of aryl methyl sites for hydroxylation is 1. The molecule has 0 amide bonds. The van der Waals surface area contributed by atoms with Crippen LogP contribution in [-0.2, 0) is 6.42 Å². The average Bonchev–Trinajstić information content (AvgIpc) is 2.45. The van der Waals surface area contributed by atoms with Gasteiger partial charge in [0.1, 0.15) is 5.75 Å². The first-order valence-electron chi connectivity index (χ1n) is 6.23. The molecule has 92 valence electrons. The van der Waals surface area contributed by atoms with Gasteiger partial charge in [0.2, 0.25) is 0 Å². The van der Waals surface area contributed by atoms with Crippen LogP contribution < -0.4 is 4.74 Å². The number of allylic oxidation sites excluding steroid dienone is 1. The van der Waals surface area contributed by atoms with Crippen molar-refractivity contribution in [2.24, 2.45) is 0 Å². The summed E-state index contributed by atoms with van der Waals surface area (Å²) in [5.74, 6) is 0.925. The van der Waals surface area contributed by atoms with E-state index in [0.29, 0.717) is 0 Å². The lowest BCUT2D eigenvalue weighted by molar-refractivity contribution is 0.414. The summed E-state index contributed by atoms with van der Waals surface area (Å²) >= 11 is 0. The molecule has 0 heterocycles. The van der Waals surface area contributed by atoms with Crippen molar-refractivity contribution in [2.75, 3.05) is 7.11 Å². The summed E-state index contributed by atoms with van der Waals surface area (Å²) in [6, 6.07) is 18.6. The van der Waals surface area contributed by atoms with Gasteiger partial charge in [-0.15, -0.1) is 0 Å². The predicted molar refractivity (Wildman–Crippen MR) is 76.8 cm³/mol. The Morgan fingerprint density at radius 1 is 0.944 bits per heavy atom. The predicted octanol–water partition coefficient (Wildman–Crippen LogP) is 4.34. The number of para-hydroxylation sites is 1. The van der Waals surface area contributed by atoms with Crippen LogP contribution in [0.5, 0.6) is 5.75 Å². The maximum Gasteiger partial charge on any atom is 0.126 e. The molecule has 0 fully saturated rings. The molecule has 0 N–H and O–H groups in total. The summed E-state index contributed by atoms with van der Waals surface area (Å²) in [6.45, 7) is 0. The third-order valence-electron chi connectivity index (χ3n) is 2.88. The van der Waals surface area contributed by atoms with Crippen molar-refractivity contribution < 1.29 is 4.74 Å². The first-order chi connectivity index (χ1) is 8.90. The summed E-state index contributed by atoms with van der Waals surface area (Å²) in [5, 5.41) is 0. The Labute approximate surface area is 109 Å². The van der Waals surface area contributed by atoms with Crippen molar-refractivity contribution in [2.45, 2.75) is 12.8 Å². The topological polar surface area (TPSA) is 9.23 Å². The highest BCUT2D eigenvalue weighted by molar-refractivity contribution is 5.57. The first kappa shape index (κ1) is 12.4. The molecule has 0 aliphatic carbocycles. The molecule has 0 unspecified atom stereocenters. The van der Waals surface area contributed by atoms with Crippen molar-refractivity contribution in [3.8, 4) is 5.75 Å². The highest BCUT2D eigenvalue weighted by Crippen LogP contribution is 2.19. The van der Waals surface area contributed by atoms with E-state index in [0.717, 1.165) is 24.2 Å². The van der Waals surface area contributed by atoms with Gasteiger partial charge in [0.15, 0.2) is 0 Å². The Morgan fingerprint density at radius 2 is 1.67 bits per heavy atom. The van der Waals surface area contributed by atoms with Gasteiger partial charge in [0, 0.05) is 5.56 Å². The van der Waals surface area contributed by atoms with E-state index in [1.165, 1.54) is 5.56 Å². The monoisotopic (exact) mass is 238 g/mol. The first-order valence-corrected chi connectivity index (χ1v) is 6.23. The summed E-state index contributed by atoms with van der Waals surface area (Å²) in [5.41, 5.74) is 2.51. The minimum Gasteiger partial charge on any atom is -0.496 e. The zero-order chi connectivity index (χ0) is 12.6. The van der Waals surface area contributed by atoms with E-state index < -0.39 is 0 Å². The molecular formula is C17H18O. The van der Waals surface area contributed by atoms with E-state index in [1.807, 2.05) is 24.3 Å². The molecule has 0 radical (unpaired) electrons. The van der Waals surface area contributed by atoms with Crippen LogP contribution in [-0.4, -0.2) is 7.11 Å². The molecule has 0 aliphatic rings. The third-order valence-corrected chi connectivity index (χ3v) is 2.88. The minimum atomic E-state index is 0.925. The molecule has 0 aliphatic heterocycles. The summed E-state index contributed by atoms with van der Waals surface area (Å²) in [7, 11) is 1.71. The van der Waals surface area contributed by atoms with Crippen LogP contribution in [0.25, 0.3) is 6.08 Å². The van der Waals surface area contributed by atoms with Crippen molar-refractivity contribution in [1.29, 1.82) is 0 Å². The van der Waals surface area contributed by atoms with Gasteiger partial charge in [-0.3, -0.25) is 0 Å². The number of hydrogen-bond donors (Lipinski definition) is 0. The number of hydrogen-bond acceptors (Lipinski definition) is 1. The molecule has 1 heteroatoms. The molecular weight excluding hydrogens is 220 g/mol. The van der Waals surface area contributed by atoms with Gasteiger partial charge in [0.05, 0.1) is 7.11 Å². The molecule has 0 bridgehead atoms. The molecule has 2 aromatic carbocycles. The van der Waals surface area contributed by atoms with E-state index in [1.54, 1.807) is 7.11 Å². The Kier molecular flexibility index (Phi) is 4.60. The van der Waals surface area contributed by atoms with Gasteiger partial charge < -0.3 is 4.74 Å². The van der Waals surface area contributed by atoms with E-state index in [-0.39, 0.29) is 0 Å². The van der Waals surface area contributed by atoms with Crippen LogP contribution in [0, 0.1) is 0 Å². The standard InChI is InChI=1S/C17H18O/c1-18-17-14-8-7-13-16(17)12-6-5-11-15-9-3-2-4-10-15/h2-4,6-10,12-14H,5,11H2,1H3/b12-6+. The van der Waals surface area contributed by atoms with E-state index in [4.69, 9.17) is 4.74 Å². The van der Waals surface area contributed by atoms with Gasteiger partial charge in [-0.1, -0.05) is 60.7 Å². The van der Waals surface area contributed by atoms with Crippen LogP contribution in [0.15, 0.2) is 60.7 Å². The second-order valence-corrected chi connectivity index (χ2v) is 4.17. The highest BCUT2D eigenvalue weighted by Gasteiger charge is 1.96. The molecule has 1 nitrogen and oxygen atoms in total. The van der Waals surface area contributed by atoms with Gasteiger partial charge in [-0.2, -0.15) is 0 Å². The normalized spacial score (nSPS) is 10.7. The lowest BCUT2D eigenvalue weighted by Gasteiger charge is -2.03. The second kappa shape index (κ2) is 6.65. The van der Waals surface area contributed by atoms with Gasteiger partial charge >= 0.3 is 0 Å². The quantitative estimate of drug-likeness (QED) is 0.753. The summed E-state index contributed by atoms with van der Waals surface area (Å²) in [4.78, 5) is 0. The van der Waals surface area contributed by atoms with Crippen molar-refractivity contribution in [1.82, 2.24) is 0 Å². The van der Waals surface area contributed by atoms with Crippen LogP contribution in [0.4, 0.5) is 0 Å². The smallest absolute Gasteiger partial charge is 0.126 e. The van der Waals surface area contributed by atoms with Gasteiger partial charge in [0.25, 0.3) is 0 Å². The Bertz CT molecular complexity index is 500. The zero-order valence-corrected chi connectivity index (χ0v) is 10.7. The maximum atomic E-state index is 5.31. The Balaban J connectivity index is 1.92. The van der Waals surface area contributed by atoms with Crippen molar-refractivity contribution in [3.63, 3.8) is 0 Å². The number of methoxy groups -OCH3 is 1. The zero-order valence-electron chi connectivity index (χ0n) is 10.7. The van der Waals surface area contributed by atoms with Gasteiger partial charge in [-0.05, 0) is 24.5 Å². The highest BCUT2D eigenvalue weighted by atomic mass is 16.5. The third kappa shape index (κ3) is 3.49. The number of ether oxygens (including phenoxy) is 1. The molecule has 0 atom stereocenters. The lowest BCUT2D eigenvalue weighted by Crippen LogP contribution is -1.86. The van der Waals surface area contributed by atoms with E-state index in [9.17, 15) is 0 Å². The van der Waals surface area contributed by atoms with E-state index in [2.05, 4.69) is 42.5 Å². The molecule has 0 saturated heterocycles. The maximum absolute atomic E-state index is 5.31. The Morgan fingerprint density at radius 3 is 2.44 bits per heavy atom. The number of benzene rings is 2. The van der Waals surface area contributed by atoms with Crippen molar-refractivity contribution >= 4 is 6.08 Å². The Hall–Kier alpha value is -2.02. The van der Waals surface area contributed by atoms with Crippen LogP contribution >= 0.6 is 0 Å². The molecule has 0 aromatic heterocycles. The second-order valence-electron chi connectivity index (χ2n) is 4.17.